The Balaban J connectivity index is 2.17. The van der Waals surface area contributed by atoms with Crippen LogP contribution in [0.25, 0.3) is 0 Å². The molecule has 0 aliphatic heterocycles. The molecule has 0 bridgehead atoms. The molecule has 1 aromatic heterocycles. The van der Waals surface area contributed by atoms with Crippen LogP contribution in [0.15, 0.2) is 29.4 Å². The third-order valence-corrected chi connectivity index (χ3v) is 5.12. The minimum Gasteiger partial charge on any atom is -0.324 e. The number of aromatic nitrogens is 1. The molecule has 4 nitrogen and oxygen atoms in total. The number of nitrogens with two attached hydrogens (primary N) is 1. The summed E-state index contributed by atoms with van der Waals surface area (Å²) in [5, 5.41) is 0.135. The topological polar surface area (TPSA) is 73.1 Å². The number of nitrogens with zero attached hydrogens (tertiary/aromatic N) is 1. The lowest BCUT2D eigenvalue weighted by Crippen LogP contribution is -2.47. The van der Waals surface area contributed by atoms with Crippen LogP contribution in [-0.2, 0) is 9.84 Å². The second-order valence-corrected chi connectivity index (χ2v) is 6.79. The lowest BCUT2D eigenvalue weighted by Gasteiger charge is -2.32. The SMILES string of the molecule is NC1(CS(=O)(=O)c2ccccn2)CCCCC1. The zero-order chi connectivity index (χ0) is 12.4. The van der Waals surface area contributed by atoms with E-state index in [1.807, 2.05) is 0 Å². The summed E-state index contributed by atoms with van der Waals surface area (Å²) in [4.78, 5) is 3.90. The Kier molecular flexibility index (Phi) is 3.49. The standard InChI is InChI=1S/C12H18N2O2S/c13-12(7-3-1-4-8-12)10-17(15,16)11-6-2-5-9-14-11/h2,5-6,9H,1,3-4,7-8,10,13H2. The first-order chi connectivity index (χ1) is 8.02. The van der Waals surface area contributed by atoms with E-state index >= 15 is 0 Å². The Hall–Kier alpha value is -0.940. The molecule has 0 atom stereocenters. The highest BCUT2D eigenvalue weighted by Crippen LogP contribution is 2.28. The molecule has 5 heteroatoms. The van der Waals surface area contributed by atoms with Gasteiger partial charge in [-0.3, -0.25) is 0 Å². The molecule has 0 radical (unpaired) electrons. The van der Waals surface area contributed by atoms with Crippen molar-refractivity contribution in [3.05, 3.63) is 24.4 Å². The predicted octanol–water partition coefficient (Wildman–Crippen LogP) is 1.52. The largest absolute Gasteiger partial charge is 0.324 e. The van der Waals surface area contributed by atoms with E-state index in [4.69, 9.17) is 5.73 Å². The van der Waals surface area contributed by atoms with Gasteiger partial charge in [0.15, 0.2) is 14.9 Å². The third kappa shape index (κ3) is 3.04. The van der Waals surface area contributed by atoms with Crippen LogP contribution in [0.3, 0.4) is 0 Å². The summed E-state index contributed by atoms with van der Waals surface area (Å²) < 4.78 is 24.3. The molecule has 0 unspecified atom stereocenters. The minimum absolute atomic E-state index is 0.0109. The molecule has 1 aliphatic carbocycles. The fourth-order valence-corrected chi connectivity index (χ4v) is 4.08. The van der Waals surface area contributed by atoms with E-state index in [0.717, 1.165) is 32.1 Å². The molecule has 0 aromatic carbocycles. The first-order valence-corrected chi connectivity index (χ1v) is 7.60. The van der Waals surface area contributed by atoms with Crippen molar-refractivity contribution in [2.45, 2.75) is 42.7 Å². The minimum atomic E-state index is -3.35. The lowest BCUT2D eigenvalue weighted by atomic mass is 9.84. The Labute approximate surface area is 102 Å². The summed E-state index contributed by atoms with van der Waals surface area (Å²) in [6, 6.07) is 4.92. The zero-order valence-corrected chi connectivity index (χ0v) is 10.6. The van der Waals surface area contributed by atoms with E-state index in [0.29, 0.717) is 0 Å². The van der Waals surface area contributed by atoms with Gasteiger partial charge < -0.3 is 5.73 Å². The van der Waals surface area contributed by atoms with Crippen LogP contribution in [0.5, 0.6) is 0 Å². The van der Waals surface area contributed by atoms with Crippen molar-refractivity contribution in [1.29, 1.82) is 0 Å². The Bertz CT molecular complexity index is 465. The van der Waals surface area contributed by atoms with Crippen molar-refractivity contribution in [2.24, 2.45) is 5.73 Å². The van der Waals surface area contributed by atoms with E-state index in [2.05, 4.69) is 4.98 Å². The molecule has 1 saturated carbocycles. The monoisotopic (exact) mass is 254 g/mol. The van der Waals surface area contributed by atoms with E-state index < -0.39 is 15.4 Å². The summed E-state index contributed by atoms with van der Waals surface area (Å²) in [5.41, 5.74) is 5.61. The van der Waals surface area contributed by atoms with Gasteiger partial charge in [-0.15, -0.1) is 0 Å². The van der Waals surface area contributed by atoms with Gasteiger partial charge in [-0.05, 0) is 25.0 Å². The van der Waals surface area contributed by atoms with Crippen LogP contribution in [0.4, 0.5) is 0 Å². The first kappa shape index (κ1) is 12.5. The first-order valence-electron chi connectivity index (χ1n) is 5.95. The van der Waals surface area contributed by atoms with E-state index in [1.54, 1.807) is 12.1 Å². The van der Waals surface area contributed by atoms with E-state index in [9.17, 15) is 8.42 Å². The van der Waals surface area contributed by atoms with Crippen molar-refractivity contribution >= 4 is 9.84 Å². The van der Waals surface area contributed by atoms with Crippen LogP contribution >= 0.6 is 0 Å². The summed E-state index contributed by atoms with van der Waals surface area (Å²) in [7, 11) is -3.35. The molecule has 2 N–H and O–H groups in total. The average Bonchev–Trinajstić information content (AvgIpc) is 2.30. The maximum absolute atomic E-state index is 12.2. The van der Waals surface area contributed by atoms with Gasteiger partial charge in [0.25, 0.3) is 0 Å². The molecule has 0 spiro atoms. The number of pyridine rings is 1. The maximum Gasteiger partial charge on any atom is 0.197 e. The second-order valence-electron chi connectivity index (χ2n) is 4.85. The summed E-state index contributed by atoms with van der Waals surface area (Å²) in [6.45, 7) is 0. The third-order valence-electron chi connectivity index (χ3n) is 3.28. The van der Waals surface area contributed by atoms with Gasteiger partial charge in [-0.2, -0.15) is 0 Å². The fraction of sp³-hybridized carbons (Fsp3) is 0.583. The molecule has 0 amide bonds. The van der Waals surface area contributed by atoms with Crippen LogP contribution in [0.1, 0.15) is 32.1 Å². The van der Waals surface area contributed by atoms with Gasteiger partial charge in [0, 0.05) is 11.7 Å². The highest BCUT2D eigenvalue weighted by atomic mass is 32.2. The van der Waals surface area contributed by atoms with Crippen molar-refractivity contribution in [1.82, 2.24) is 4.98 Å². The Morgan fingerprint density at radius 1 is 1.24 bits per heavy atom. The molecule has 0 saturated heterocycles. The fourth-order valence-electron chi connectivity index (χ4n) is 2.38. The van der Waals surface area contributed by atoms with Crippen molar-refractivity contribution in [2.75, 3.05) is 5.75 Å². The summed E-state index contributed by atoms with van der Waals surface area (Å²) >= 11 is 0. The van der Waals surface area contributed by atoms with Gasteiger partial charge in [0.05, 0.1) is 5.75 Å². The highest BCUT2D eigenvalue weighted by Gasteiger charge is 2.34. The molecule has 2 rings (SSSR count). The van der Waals surface area contributed by atoms with Crippen molar-refractivity contribution in [3.8, 4) is 0 Å². The number of hydrogen-bond acceptors (Lipinski definition) is 4. The molecule has 1 aromatic rings. The summed E-state index contributed by atoms with van der Waals surface area (Å²) in [5.74, 6) is 0.0109. The Morgan fingerprint density at radius 2 is 1.94 bits per heavy atom. The van der Waals surface area contributed by atoms with Gasteiger partial charge in [0.2, 0.25) is 0 Å². The van der Waals surface area contributed by atoms with Gasteiger partial charge in [-0.25, -0.2) is 13.4 Å². The molecule has 94 valence electrons. The van der Waals surface area contributed by atoms with Gasteiger partial charge in [-0.1, -0.05) is 25.3 Å². The zero-order valence-electron chi connectivity index (χ0n) is 9.80. The van der Waals surface area contributed by atoms with Crippen molar-refractivity contribution in [3.63, 3.8) is 0 Å². The Morgan fingerprint density at radius 3 is 2.53 bits per heavy atom. The number of sulfone groups is 1. The van der Waals surface area contributed by atoms with Crippen molar-refractivity contribution < 1.29 is 8.42 Å². The molecular weight excluding hydrogens is 236 g/mol. The molecule has 17 heavy (non-hydrogen) atoms. The quantitative estimate of drug-likeness (QED) is 0.887. The maximum atomic E-state index is 12.2. The lowest BCUT2D eigenvalue weighted by molar-refractivity contribution is 0.323. The second kappa shape index (κ2) is 4.74. The van der Waals surface area contributed by atoms with Crippen LogP contribution in [0, 0.1) is 0 Å². The van der Waals surface area contributed by atoms with E-state index in [-0.39, 0.29) is 10.8 Å². The predicted molar refractivity (Wildman–Crippen MR) is 66.3 cm³/mol. The smallest absolute Gasteiger partial charge is 0.197 e. The van der Waals surface area contributed by atoms with Crippen LogP contribution < -0.4 is 5.73 Å². The number of rotatable bonds is 3. The average molecular weight is 254 g/mol. The normalized spacial score (nSPS) is 20.1. The van der Waals surface area contributed by atoms with Gasteiger partial charge in [0.1, 0.15) is 0 Å². The molecule has 1 heterocycles. The highest BCUT2D eigenvalue weighted by molar-refractivity contribution is 7.91. The molecule has 1 fully saturated rings. The van der Waals surface area contributed by atoms with Crippen LogP contribution in [0.2, 0.25) is 0 Å². The number of hydrogen-bond donors (Lipinski definition) is 1. The van der Waals surface area contributed by atoms with E-state index in [1.165, 1.54) is 12.3 Å². The summed E-state index contributed by atoms with van der Waals surface area (Å²) in [6.07, 6.45) is 6.28. The molecule has 1 aliphatic rings. The molecular formula is C12H18N2O2S. The van der Waals surface area contributed by atoms with Gasteiger partial charge >= 0.3 is 0 Å². The van der Waals surface area contributed by atoms with Crippen LogP contribution in [-0.4, -0.2) is 24.7 Å².